The first kappa shape index (κ1) is 16.0. The summed E-state index contributed by atoms with van der Waals surface area (Å²) < 4.78 is 8.49. The average molecular weight is 352 g/mol. The Labute approximate surface area is 134 Å². The SMILES string of the molecule is CCNC(CCc1ccnn1C)c1ccc(Br)cc1OC. The van der Waals surface area contributed by atoms with E-state index in [0.29, 0.717) is 0 Å². The fourth-order valence-corrected chi connectivity index (χ4v) is 2.87. The Bertz CT molecular complexity index is 583. The molecule has 0 amide bonds. The molecule has 0 aliphatic heterocycles. The number of methoxy groups -OCH3 is 1. The molecule has 21 heavy (non-hydrogen) atoms. The molecule has 0 aliphatic carbocycles. The molecule has 0 saturated carbocycles. The zero-order valence-electron chi connectivity index (χ0n) is 12.8. The van der Waals surface area contributed by atoms with Crippen LogP contribution < -0.4 is 10.1 Å². The van der Waals surface area contributed by atoms with E-state index in [2.05, 4.69) is 51.5 Å². The van der Waals surface area contributed by atoms with E-state index in [-0.39, 0.29) is 6.04 Å². The van der Waals surface area contributed by atoms with Crippen molar-refractivity contribution < 1.29 is 4.74 Å². The second-order valence-electron chi connectivity index (χ2n) is 4.98. The highest BCUT2D eigenvalue weighted by Gasteiger charge is 2.16. The van der Waals surface area contributed by atoms with Crippen molar-refractivity contribution in [3.8, 4) is 5.75 Å². The summed E-state index contributed by atoms with van der Waals surface area (Å²) in [6.45, 7) is 3.05. The standard InChI is InChI=1S/C16H22BrN3O/c1-4-18-15(8-6-13-9-10-19-20(13)2)14-7-5-12(17)11-16(14)21-3/h5,7,9-11,15,18H,4,6,8H2,1-3H3. The van der Waals surface area contributed by atoms with Gasteiger partial charge in [0.1, 0.15) is 5.75 Å². The lowest BCUT2D eigenvalue weighted by Crippen LogP contribution is -2.22. The second kappa shape index (κ2) is 7.61. The lowest BCUT2D eigenvalue weighted by atomic mass is 10.00. The van der Waals surface area contributed by atoms with Crippen molar-refractivity contribution in [3.05, 3.63) is 46.2 Å². The van der Waals surface area contributed by atoms with Crippen LogP contribution >= 0.6 is 15.9 Å². The maximum Gasteiger partial charge on any atom is 0.124 e. The minimum absolute atomic E-state index is 0.271. The normalized spacial score (nSPS) is 12.4. The summed E-state index contributed by atoms with van der Waals surface area (Å²) in [7, 11) is 3.70. The van der Waals surface area contributed by atoms with Gasteiger partial charge in [-0.25, -0.2) is 0 Å². The number of aromatic nitrogens is 2. The summed E-state index contributed by atoms with van der Waals surface area (Å²) in [4.78, 5) is 0. The third-order valence-electron chi connectivity index (χ3n) is 3.63. The number of halogens is 1. The maximum atomic E-state index is 5.53. The fraction of sp³-hybridized carbons (Fsp3) is 0.438. The van der Waals surface area contributed by atoms with Crippen molar-refractivity contribution in [1.82, 2.24) is 15.1 Å². The van der Waals surface area contributed by atoms with Crippen LogP contribution in [0.3, 0.4) is 0 Å². The summed E-state index contributed by atoms with van der Waals surface area (Å²) >= 11 is 3.49. The summed E-state index contributed by atoms with van der Waals surface area (Å²) in [6.07, 6.45) is 3.83. The van der Waals surface area contributed by atoms with Crippen LogP contribution in [0, 0.1) is 0 Å². The van der Waals surface area contributed by atoms with Gasteiger partial charge in [-0.3, -0.25) is 4.68 Å². The van der Waals surface area contributed by atoms with Crippen LogP contribution in [0.2, 0.25) is 0 Å². The Morgan fingerprint density at radius 1 is 1.38 bits per heavy atom. The van der Waals surface area contributed by atoms with Crippen molar-refractivity contribution in [2.45, 2.75) is 25.8 Å². The van der Waals surface area contributed by atoms with Crippen LogP contribution in [0.5, 0.6) is 5.75 Å². The van der Waals surface area contributed by atoms with Crippen LogP contribution in [0.25, 0.3) is 0 Å². The Hall–Kier alpha value is -1.33. The molecule has 1 aromatic heterocycles. The number of benzene rings is 1. The molecule has 0 radical (unpaired) electrons. The number of nitrogens with zero attached hydrogens (tertiary/aromatic N) is 2. The molecule has 0 aliphatic rings. The highest BCUT2D eigenvalue weighted by molar-refractivity contribution is 9.10. The summed E-state index contributed by atoms with van der Waals surface area (Å²) in [5, 5.41) is 7.77. The summed E-state index contributed by atoms with van der Waals surface area (Å²) in [5.74, 6) is 0.917. The van der Waals surface area contributed by atoms with Gasteiger partial charge in [0, 0.05) is 35.0 Å². The van der Waals surface area contributed by atoms with Gasteiger partial charge in [0.25, 0.3) is 0 Å². The zero-order valence-corrected chi connectivity index (χ0v) is 14.4. The van der Waals surface area contributed by atoms with Gasteiger partial charge in [-0.2, -0.15) is 5.10 Å². The molecule has 0 spiro atoms. The topological polar surface area (TPSA) is 39.1 Å². The second-order valence-corrected chi connectivity index (χ2v) is 5.90. The molecule has 0 saturated heterocycles. The number of hydrogen-bond acceptors (Lipinski definition) is 3. The van der Waals surface area contributed by atoms with E-state index in [1.165, 1.54) is 11.3 Å². The molecule has 5 heteroatoms. The van der Waals surface area contributed by atoms with Gasteiger partial charge in [0.2, 0.25) is 0 Å². The third-order valence-corrected chi connectivity index (χ3v) is 4.13. The first-order valence-corrected chi connectivity index (χ1v) is 7.98. The quantitative estimate of drug-likeness (QED) is 0.829. The van der Waals surface area contributed by atoms with Crippen LogP contribution in [0.1, 0.15) is 30.6 Å². The van der Waals surface area contributed by atoms with Gasteiger partial charge < -0.3 is 10.1 Å². The largest absolute Gasteiger partial charge is 0.496 e. The number of ether oxygens (including phenoxy) is 1. The fourth-order valence-electron chi connectivity index (χ4n) is 2.53. The highest BCUT2D eigenvalue weighted by atomic mass is 79.9. The molecule has 1 aromatic carbocycles. The van der Waals surface area contributed by atoms with Crippen LogP contribution in [-0.4, -0.2) is 23.4 Å². The number of nitrogens with one attached hydrogen (secondary N) is 1. The zero-order chi connectivity index (χ0) is 15.2. The molecule has 4 nitrogen and oxygen atoms in total. The predicted molar refractivity (Wildman–Crippen MR) is 88.6 cm³/mol. The van der Waals surface area contributed by atoms with Gasteiger partial charge in [0.15, 0.2) is 0 Å². The number of aryl methyl sites for hydroxylation is 2. The molecule has 1 atom stereocenters. The molecule has 1 unspecified atom stereocenters. The molecule has 1 N–H and O–H groups in total. The van der Waals surface area contributed by atoms with Gasteiger partial charge >= 0.3 is 0 Å². The van der Waals surface area contributed by atoms with Crippen LogP contribution in [0.4, 0.5) is 0 Å². The van der Waals surface area contributed by atoms with E-state index < -0.39 is 0 Å². The Kier molecular flexibility index (Phi) is 5.82. The van der Waals surface area contributed by atoms with E-state index >= 15 is 0 Å². The van der Waals surface area contributed by atoms with Crippen LogP contribution in [0.15, 0.2) is 34.9 Å². The number of rotatable bonds is 7. The Balaban J connectivity index is 2.16. The van der Waals surface area contributed by atoms with E-state index in [1.54, 1.807) is 7.11 Å². The molecule has 2 aromatic rings. The van der Waals surface area contributed by atoms with E-state index in [9.17, 15) is 0 Å². The average Bonchev–Trinajstić information content (AvgIpc) is 2.89. The van der Waals surface area contributed by atoms with Crippen molar-refractivity contribution in [3.63, 3.8) is 0 Å². The van der Waals surface area contributed by atoms with E-state index in [4.69, 9.17) is 4.74 Å². The summed E-state index contributed by atoms with van der Waals surface area (Å²) in [6, 6.07) is 8.55. The van der Waals surface area contributed by atoms with Crippen molar-refractivity contribution in [2.75, 3.05) is 13.7 Å². The monoisotopic (exact) mass is 351 g/mol. The van der Waals surface area contributed by atoms with Gasteiger partial charge in [-0.1, -0.05) is 28.9 Å². The lowest BCUT2D eigenvalue weighted by molar-refractivity contribution is 0.395. The molecular formula is C16H22BrN3O. The summed E-state index contributed by atoms with van der Waals surface area (Å²) in [5.41, 5.74) is 2.44. The first-order chi connectivity index (χ1) is 10.2. The first-order valence-electron chi connectivity index (χ1n) is 7.19. The minimum Gasteiger partial charge on any atom is -0.496 e. The minimum atomic E-state index is 0.271. The predicted octanol–water partition coefficient (Wildman–Crippen LogP) is 3.47. The Morgan fingerprint density at radius 2 is 2.19 bits per heavy atom. The third kappa shape index (κ3) is 4.08. The Morgan fingerprint density at radius 3 is 2.81 bits per heavy atom. The molecular weight excluding hydrogens is 330 g/mol. The van der Waals surface area contributed by atoms with Crippen molar-refractivity contribution in [1.29, 1.82) is 0 Å². The van der Waals surface area contributed by atoms with Gasteiger partial charge in [-0.15, -0.1) is 0 Å². The smallest absolute Gasteiger partial charge is 0.124 e. The molecule has 2 rings (SSSR count). The molecule has 0 bridgehead atoms. The highest BCUT2D eigenvalue weighted by Crippen LogP contribution is 2.31. The molecule has 1 heterocycles. The van der Waals surface area contributed by atoms with Gasteiger partial charge in [-0.05, 0) is 37.6 Å². The maximum absolute atomic E-state index is 5.53. The van der Waals surface area contributed by atoms with E-state index in [0.717, 1.165) is 29.6 Å². The van der Waals surface area contributed by atoms with Crippen LogP contribution in [-0.2, 0) is 13.5 Å². The number of hydrogen-bond donors (Lipinski definition) is 1. The lowest BCUT2D eigenvalue weighted by Gasteiger charge is -2.21. The van der Waals surface area contributed by atoms with Gasteiger partial charge in [0.05, 0.1) is 7.11 Å². The molecule has 114 valence electrons. The van der Waals surface area contributed by atoms with Crippen molar-refractivity contribution in [2.24, 2.45) is 7.05 Å². The molecule has 0 fully saturated rings. The van der Waals surface area contributed by atoms with Crippen molar-refractivity contribution >= 4 is 15.9 Å². The van der Waals surface area contributed by atoms with E-state index in [1.807, 2.05) is 24.0 Å².